The summed E-state index contributed by atoms with van der Waals surface area (Å²) in [5.41, 5.74) is 5.19. The van der Waals surface area contributed by atoms with Gasteiger partial charge in [-0.2, -0.15) is 4.89 Å². The molecule has 2 fully saturated rings. The summed E-state index contributed by atoms with van der Waals surface area (Å²) in [7, 11) is 2.67. The maximum Gasteiger partial charge on any atom is 0.407 e. The number of aliphatic imine (C=N–C) groups is 1. The van der Waals surface area contributed by atoms with Gasteiger partial charge >= 0.3 is 6.09 Å². The Morgan fingerprint density at radius 3 is 2.24 bits per heavy atom. The number of ether oxygens (including phenoxy) is 1. The van der Waals surface area contributed by atoms with Gasteiger partial charge in [0, 0.05) is 24.8 Å². The Morgan fingerprint density at radius 2 is 1.57 bits per heavy atom. The van der Waals surface area contributed by atoms with Crippen LogP contribution in [0, 0.1) is 23.7 Å². The zero-order valence-electron chi connectivity index (χ0n) is 31.6. The smallest absolute Gasteiger partial charge is 0.407 e. The molecule has 4 aromatic rings. The van der Waals surface area contributed by atoms with Gasteiger partial charge in [-0.1, -0.05) is 51.8 Å². The Hall–Kier alpha value is -5.68. The maximum absolute atomic E-state index is 13.6. The minimum atomic E-state index is -0.694. The van der Waals surface area contributed by atoms with Gasteiger partial charge in [0.05, 0.1) is 37.3 Å². The third kappa shape index (κ3) is 8.42. The molecule has 284 valence electrons. The third-order valence-electron chi connectivity index (χ3n) is 9.99. The molecule has 54 heavy (non-hydrogen) atoms. The molecule has 14 nitrogen and oxygen atoms in total. The molecule has 2 saturated heterocycles. The van der Waals surface area contributed by atoms with Gasteiger partial charge in [0.2, 0.25) is 18.2 Å². The highest BCUT2D eigenvalue weighted by atomic mass is 17.2. The summed E-state index contributed by atoms with van der Waals surface area (Å²) >= 11 is 0. The Kier molecular flexibility index (Phi) is 12.0. The van der Waals surface area contributed by atoms with E-state index in [4.69, 9.17) is 19.6 Å². The lowest BCUT2D eigenvalue weighted by molar-refractivity contribution is -0.188. The van der Waals surface area contributed by atoms with Crippen molar-refractivity contribution in [2.75, 3.05) is 27.3 Å². The van der Waals surface area contributed by atoms with Gasteiger partial charge in [-0.15, -0.1) is 0 Å². The first-order chi connectivity index (χ1) is 26.1. The summed E-state index contributed by atoms with van der Waals surface area (Å²) in [5.74, 6) is 7.45. The van der Waals surface area contributed by atoms with Crippen molar-refractivity contribution in [3.05, 3.63) is 71.6 Å². The lowest BCUT2D eigenvalue weighted by Gasteiger charge is -2.29. The largest absolute Gasteiger partial charge is 0.453 e. The second kappa shape index (κ2) is 17.0. The minimum absolute atomic E-state index is 0.0151. The number of carbonyl (C=O) groups excluding carboxylic acids is 3. The molecule has 2 aromatic carbocycles. The van der Waals surface area contributed by atoms with Crippen LogP contribution < -0.4 is 5.32 Å². The van der Waals surface area contributed by atoms with Gasteiger partial charge < -0.3 is 34.7 Å². The van der Waals surface area contributed by atoms with Gasteiger partial charge in [0.15, 0.2) is 0 Å². The number of amides is 3. The fourth-order valence-corrected chi connectivity index (χ4v) is 7.15. The zero-order valence-corrected chi connectivity index (χ0v) is 31.6. The number of H-pyrrole nitrogens is 2. The molecule has 3 N–H and O–H groups in total. The predicted molar refractivity (Wildman–Crippen MR) is 203 cm³/mol. The van der Waals surface area contributed by atoms with E-state index < -0.39 is 18.2 Å². The lowest BCUT2D eigenvalue weighted by Crippen LogP contribution is -2.51. The fraction of sp³-hybridized carbons (Fsp3) is 0.450. The first-order valence-corrected chi connectivity index (χ1v) is 18.4. The van der Waals surface area contributed by atoms with Gasteiger partial charge in [0.25, 0.3) is 0 Å². The van der Waals surface area contributed by atoms with E-state index in [1.165, 1.54) is 20.6 Å². The average molecular weight is 737 g/mol. The molecule has 14 heteroatoms. The van der Waals surface area contributed by atoms with Crippen LogP contribution in [0.5, 0.6) is 0 Å². The molecular weight excluding hydrogens is 688 g/mol. The van der Waals surface area contributed by atoms with E-state index in [0.29, 0.717) is 24.6 Å². The molecule has 0 bridgehead atoms. The molecule has 2 aliphatic rings. The van der Waals surface area contributed by atoms with Crippen molar-refractivity contribution >= 4 is 35.3 Å². The number of imidazole rings is 2. The van der Waals surface area contributed by atoms with E-state index in [1.54, 1.807) is 11.1 Å². The van der Waals surface area contributed by atoms with Crippen molar-refractivity contribution in [2.24, 2.45) is 16.8 Å². The first kappa shape index (κ1) is 38.1. The highest BCUT2D eigenvalue weighted by Crippen LogP contribution is 2.34. The summed E-state index contributed by atoms with van der Waals surface area (Å²) in [6.07, 6.45) is 5.61. The fourth-order valence-electron chi connectivity index (χ4n) is 7.15. The Morgan fingerprint density at radius 1 is 0.889 bits per heavy atom. The van der Waals surface area contributed by atoms with Crippen molar-refractivity contribution in [2.45, 2.75) is 77.5 Å². The standard InChI is InChI=1S/C40H48N8O6/c1-24(2)34(42-23-54-53-6)38(49)48-20-8-10-33(48)37-44-30-18-16-28(21-31(30)45-37)27-14-11-26(12-15-27)13-17-29-22-41-36(43-29)32-9-7-19-47(32)39(50)35(25(3)4)46-40(51)52-5/h11-12,14-16,18,21-25,32-35H,7-10,19-20H2,1-6H3,(H,41,43)(H,44,45)(H,46,51)/b42-23-/t32-,33-,34-,35-/m0/s1. The molecule has 4 atom stereocenters. The highest BCUT2D eigenvalue weighted by molar-refractivity contribution is 5.87. The number of likely N-dealkylation sites (tertiary alicyclic amines) is 2. The van der Waals surface area contributed by atoms with Crippen LogP contribution in [0.2, 0.25) is 0 Å². The van der Waals surface area contributed by atoms with E-state index in [9.17, 15) is 14.4 Å². The van der Waals surface area contributed by atoms with Crippen LogP contribution in [0.4, 0.5) is 4.79 Å². The van der Waals surface area contributed by atoms with Crippen LogP contribution in [0.15, 0.2) is 53.7 Å². The number of hydrogen-bond donors (Lipinski definition) is 3. The van der Waals surface area contributed by atoms with Crippen LogP contribution in [0.3, 0.4) is 0 Å². The van der Waals surface area contributed by atoms with Gasteiger partial charge in [0.1, 0.15) is 29.4 Å². The molecule has 6 rings (SSSR count). The summed E-state index contributed by atoms with van der Waals surface area (Å²) in [5, 5.41) is 2.68. The SMILES string of the molecule is COO/C=N\[C@H](C(=O)N1CCC[C@H]1c1nc2cc(-c3ccc(C#Cc4c[nH]c([C@@H]5CCCN5C(=O)[C@@H](NC(=O)OC)C(C)C)n4)cc3)ccc2[nH]1)C(C)C. The van der Waals surface area contributed by atoms with Crippen LogP contribution >= 0.6 is 0 Å². The minimum Gasteiger partial charge on any atom is -0.453 e. The Bertz CT molecular complexity index is 2040. The molecule has 0 spiro atoms. The number of aromatic amines is 2. The second-order valence-electron chi connectivity index (χ2n) is 14.3. The summed E-state index contributed by atoms with van der Waals surface area (Å²) in [6, 6.07) is 12.5. The second-order valence-corrected chi connectivity index (χ2v) is 14.3. The molecule has 3 amide bonds. The van der Waals surface area contributed by atoms with Gasteiger partial charge in [-0.25, -0.2) is 19.8 Å². The molecule has 0 radical (unpaired) electrons. The van der Waals surface area contributed by atoms with Crippen molar-refractivity contribution in [3.8, 4) is 23.0 Å². The quantitative estimate of drug-likeness (QED) is 0.0581. The number of rotatable bonds is 11. The van der Waals surface area contributed by atoms with Crippen LogP contribution in [0.25, 0.3) is 22.2 Å². The highest BCUT2D eigenvalue weighted by Gasteiger charge is 2.38. The molecular formula is C40H48N8O6. The normalized spacial score (nSPS) is 18.3. The molecule has 0 unspecified atom stereocenters. The van der Waals surface area contributed by atoms with E-state index in [2.05, 4.69) is 49.1 Å². The van der Waals surface area contributed by atoms with E-state index in [-0.39, 0.29) is 35.7 Å². The number of aromatic nitrogens is 4. The Balaban J connectivity index is 1.12. The first-order valence-electron chi connectivity index (χ1n) is 18.4. The predicted octanol–water partition coefficient (Wildman–Crippen LogP) is 5.69. The molecule has 4 heterocycles. The molecule has 0 aliphatic carbocycles. The summed E-state index contributed by atoms with van der Waals surface area (Å²) < 4.78 is 4.74. The number of nitrogens with zero attached hydrogens (tertiary/aromatic N) is 5. The summed E-state index contributed by atoms with van der Waals surface area (Å²) in [4.78, 5) is 72.6. The number of nitrogens with one attached hydrogen (secondary N) is 3. The molecule has 0 saturated carbocycles. The zero-order chi connectivity index (χ0) is 38.4. The van der Waals surface area contributed by atoms with E-state index in [0.717, 1.165) is 59.2 Å². The van der Waals surface area contributed by atoms with E-state index >= 15 is 0 Å². The number of fused-ring (bicyclic) bond motifs is 1. The van der Waals surface area contributed by atoms with Gasteiger partial charge in [-0.05, 0) is 78.8 Å². The lowest BCUT2D eigenvalue weighted by atomic mass is 10.0. The number of carbonyl (C=O) groups is 3. The van der Waals surface area contributed by atoms with Crippen LogP contribution in [0.1, 0.15) is 88.4 Å². The van der Waals surface area contributed by atoms with Gasteiger partial charge in [-0.3, -0.25) is 9.59 Å². The summed E-state index contributed by atoms with van der Waals surface area (Å²) in [6.45, 7) is 8.93. The van der Waals surface area contributed by atoms with Crippen LogP contribution in [-0.2, 0) is 24.1 Å². The van der Waals surface area contributed by atoms with Crippen molar-refractivity contribution < 1.29 is 28.9 Å². The maximum atomic E-state index is 13.6. The molecule has 2 aliphatic heterocycles. The topological polar surface area (TPSA) is 167 Å². The number of benzene rings is 2. The Labute approximate surface area is 315 Å². The third-order valence-corrected chi connectivity index (χ3v) is 9.99. The van der Waals surface area contributed by atoms with Crippen molar-refractivity contribution in [1.82, 2.24) is 35.1 Å². The number of alkyl carbamates (subject to hydrolysis) is 1. The van der Waals surface area contributed by atoms with Crippen molar-refractivity contribution in [3.63, 3.8) is 0 Å². The number of methoxy groups -OCH3 is 1. The average Bonchev–Trinajstić information content (AvgIpc) is 4.00. The molecule has 2 aromatic heterocycles. The van der Waals surface area contributed by atoms with E-state index in [1.807, 2.05) is 62.9 Å². The van der Waals surface area contributed by atoms with Crippen LogP contribution in [-0.4, -0.2) is 93.4 Å². The van der Waals surface area contributed by atoms with Crippen molar-refractivity contribution in [1.29, 1.82) is 0 Å². The number of hydrogen-bond acceptors (Lipinski definition) is 9. The monoisotopic (exact) mass is 736 g/mol.